The lowest BCUT2D eigenvalue weighted by Gasteiger charge is -2.11. The number of amides is 2. The van der Waals surface area contributed by atoms with Crippen LogP contribution in [0.15, 0.2) is 54.6 Å². The fraction of sp³-hybridized carbons (Fsp3) is 0.333. The number of benzene rings is 2. The van der Waals surface area contributed by atoms with E-state index in [1.807, 2.05) is 54.6 Å². The number of carbonyl (C=O) groups excluding carboxylic acids is 2. The summed E-state index contributed by atoms with van der Waals surface area (Å²) in [5.74, 6) is 0.389. The molecule has 0 bridgehead atoms. The van der Waals surface area contributed by atoms with Gasteiger partial charge in [-0.3, -0.25) is 9.59 Å². The van der Waals surface area contributed by atoms with Crippen molar-refractivity contribution >= 4 is 23.2 Å². The molecule has 0 fully saturated rings. The van der Waals surface area contributed by atoms with Crippen LogP contribution in [0, 0.1) is 0 Å². The summed E-state index contributed by atoms with van der Waals surface area (Å²) in [7, 11) is 0. The molecular formula is C21H26N2O4. The van der Waals surface area contributed by atoms with Crippen molar-refractivity contribution in [1.82, 2.24) is 0 Å². The summed E-state index contributed by atoms with van der Waals surface area (Å²) in [5.41, 5.74) is 1.44. The average molecular weight is 370 g/mol. The summed E-state index contributed by atoms with van der Waals surface area (Å²) >= 11 is 0. The number of nitrogens with one attached hydrogen (secondary N) is 2. The first kappa shape index (κ1) is 20.5. The van der Waals surface area contributed by atoms with E-state index in [1.165, 1.54) is 6.92 Å². The summed E-state index contributed by atoms with van der Waals surface area (Å²) in [5, 5.41) is 5.52. The maximum Gasteiger partial charge on any atom is 0.250 e. The van der Waals surface area contributed by atoms with Gasteiger partial charge in [0.05, 0.1) is 12.3 Å². The van der Waals surface area contributed by atoms with Crippen LogP contribution >= 0.6 is 0 Å². The minimum atomic E-state index is -0.154. The van der Waals surface area contributed by atoms with Crippen LogP contribution in [0.3, 0.4) is 0 Å². The number of para-hydroxylation sites is 3. The van der Waals surface area contributed by atoms with E-state index in [9.17, 15) is 9.59 Å². The summed E-state index contributed by atoms with van der Waals surface area (Å²) < 4.78 is 11.1. The Bertz CT molecular complexity index is 719. The highest BCUT2D eigenvalue weighted by Gasteiger charge is 2.04. The largest absolute Gasteiger partial charge is 0.491 e. The number of unbranched alkanes of at least 4 members (excludes halogenated alkanes) is 2. The van der Waals surface area contributed by atoms with Gasteiger partial charge in [0.2, 0.25) is 11.8 Å². The Morgan fingerprint density at radius 1 is 0.852 bits per heavy atom. The number of hydrogen-bond donors (Lipinski definition) is 2. The van der Waals surface area contributed by atoms with Gasteiger partial charge in [-0.15, -0.1) is 0 Å². The lowest BCUT2D eigenvalue weighted by Crippen LogP contribution is -2.18. The molecule has 2 aromatic rings. The number of rotatable bonds is 11. The van der Waals surface area contributed by atoms with E-state index < -0.39 is 0 Å². The Morgan fingerprint density at radius 2 is 1.56 bits per heavy atom. The van der Waals surface area contributed by atoms with E-state index in [4.69, 9.17) is 9.47 Å². The summed E-state index contributed by atoms with van der Waals surface area (Å²) in [6.07, 6.45) is 2.66. The molecule has 0 heterocycles. The zero-order chi connectivity index (χ0) is 19.3. The molecule has 144 valence electrons. The molecule has 6 nitrogen and oxygen atoms in total. The molecule has 0 radical (unpaired) electrons. The molecule has 0 saturated heterocycles. The van der Waals surface area contributed by atoms with Crippen molar-refractivity contribution in [3.8, 4) is 5.75 Å². The molecular weight excluding hydrogens is 344 g/mol. The van der Waals surface area contributed by atoms with Crippen molar-refractivity contribution < 1.29 is 19.1 Å². The van der Waals surface area contributed by atoms with E-state index in [-0.39, 0.29) is 18.4 Å². The standard InChI is InChI=1S/C21H26N2O4/c1-17(24)22-19-12-6-7-13-20(19)27-15-9-3-8-14-26-16-21(25)23-18-10-4-2-5-11-18/h2,4-7,10-13H,3,8-9,14-16H2,1H3,(H,22,24)(H,23,25). The van der Waals surface area contributed by atoms with Crippen molar-refractivity contribution in [3.05, 3.63) is 54.6 Å². The van der Waals surface area contributed by atoms with Crippen LogP contribution in [-0.4, -0.2) is 31.6 Å². The maximum absolute atomic E-state index is 11.7. The fourth-order valence-electron chi connectivity index (χ4n) is 2.43. The minimum absolute atomic E-state index is 0.0511. The highest BCUT2D eigenvalue weighted by Crippen LogP contribution is 2.23. The molecule has 0 saturated carbocycles. The quantitative estimate of drug-likeness (QED) is 0.589. The Hall–Kier alpha value is -2.86. The lowest BCUT2D eigenvalue weighted by atomic mass is 10.2. The molecule has 6 heteroatoms. The second-order valence-electron chi connectivity index (χ2n) is 6.05. The highest BCUT2D eigenvalue weighted by molar-refractivity contribution is 5.91. The van der Waals surface area contributed by atoms with Crippen LogP contribution in [0.1, 0.15) is 26.2 Å². The Morgan fingerprint density at radius 3 is 2.33 bits per heavy atom. The highest BCUT2D eigenvalue weighted by atomic mass is 16.5. The molecule has 0 aliphatic rings. The van der Waals surface area contributed by atoms with Crippen molar-refractivity contribution in [3.63, 3.8) is 0 Å². The van der Waals surface area contributed by atoms with Gasteiger partial charge in [0.15, 0.2) is 0 Å². The van der Waals surface area contributed by atoms with E-state index in [0.29, 0.717) is 24.7 Å². The Kier molecular flexibility index (Phi) is 8.86. The Balaban J connectivity index is 1.53. The zero-order valence-corrected chi connectivity index (χ0v) is 15.6. The summed E-state index contributed by atoms with van der Waals surface area (Å²) in [6.45, 7) is 2.61. The smallest absolute Gasteiger partial charge is 0.250 e. The molecule has 0 aliphatic heterocycles. The topological polar surface area (TPSA) is 76.7 Å². The van der Waals surface area contributed by atoms with Crippen LogP contribution < -0.4 is 15.4 Å². The molecule has 2 rings (SSSR count). The van der Waals surface area contributed by atoms with Gasteiger partial charge in [-0.2, -0.15) is 0 Å². The number of ether oxygens (including phenoxy) is 2. The van der Waals surface area contributed by atoms with Gasteiger partial charge in [0.25, 0.3) is 0 Å². The van der Waals surface area contributed by atoms with Crippen LogP contribution in [0.2, 0.25) is 0 Å². The monoisotopic (exact) mass is 370 g/mol. The van der Waals surface area contributed by atoms with Crippen LogP contribution in [0.25, 0.3) is 0 Å². The first-order valence-corrected chi connectivity index (χ1v) is 9.07. The molecule has 0 aromatic heterocycles. The van der Waals surface area contributed by atoms with Gasteiger partial charge < -0.3 is 20.1 Å². The van der Waals surface area contributed by atoms with Crippen molar-refractivity contribution in [2.75, 3.05) is 30.5 Å². The fourth-order valence-corrected chi connectivity index (χ4v) is 2.43. The zero-order valence-electron chi connectivity index (χ0n) is 15.6. The third-order valence-corrected chi connectivity index (χ3v) is 3.68. The van der Waals surface area contributed by atoms with Gasteiger partial charge in [-0.1, -0.05) is 30.3 Å². The van der Waals surface area contributed by atoms with Crippen LogP contribution in [0.4, 0.5) is 11.4 Å². The molecule has 0 aliphatic carbocycles. The normalized spacial score (nSPS) is 10.3. The van der Waals surface area contributed by atoms with Gasteiger partial charge in [0, 0.05) is 19.2 Å². The summed E-state index contributed by atoms with van der Waals surface area (Å²) in [6, 6.07) is 16.7. The van der Waals surface area contributed by atoms with Gasteiger partial charge >= 0.3 is 0 Å². The van der Waals surface area contributed by atoms with Crippen molar-refractivity contribution in [2.24, 2.45) is 0 Å². The van der Waals surface area contributed by atoms with Gasteiger partial charge in [0.1, 0.15) is 12.4 Å². The SMILES string of the molecule is CC(=O)Nc1ccccc1OCCCCCOCC(=O)Nc1ccccc1. The maximum atomic E-state index is 11.7. The minimum Gasteiger partial charge on any atom is -0.491 e. The lowest BCUT2D eigenvalue weighted by molar-refractivity contribution is -0.120. The van der Waals surface area contributed by atoms with Gasteiger partial charge in [-0.05, 0) is 43.5 Å². The first-order valence-electron chi connectivity index (χ1n) is 9.07. The molecule has 2 amide bonds. The predicted molar refractivity (Wildman–Crippen MR) is 106 cm³/mol. The first-order chi connectivity index (χ1) is 13.1. The van der Waals surface area contributed by atoms with E-state index >= 15 is 0 Å². The van der Waals surface area contributed by atoms with Gasteiger partial charge in [-0.25, -0.2) is 0 Å². The predicted octanol–water partition coefficient (Wildman–Crippen LogP) is 3.85. The second kappa shape index (κ2) is 11.7. The average Bonchev–Trinajstić information content (AvgIpc) is 2.65. The molecule has 27 heavy (non-hydrogen) atoms. The third kappa shape index (κ3) is 8.37. The van der Waals surface area contributed by atoms with Crippen LogP contribution in [-0.2, 0) is 14.3 Å². The number of anilines is 2. The molecule has 0 atom stereocenters. The van der Waals surface area contributed by atoms with Crippen molar-refractivity contribution in [1.29, 1.82) is 0 Å². The number of hydrogen-bond acceptors (Lipinski definition) is 4. The third-order valence-electron chi connectivity index (χ3n) is 3.68. The van der Waals surface area contributed by atoms with E-state index in [2.05, 4.69) is 10.6 Å². The number of carbonyl (C=O) groups is 2. The molecule has 2 N–H and O–H groups in total. The summed E-state index contributed by atoms with van der Waals surface area (Å²) in [4.78, 5) is 22.9. The molecule has 0 unspecified atom stereocenters. The second-order valence-corrected chi connectivity index (χ2v) is 6.05. The van der Waals surface area contributed by atoms with E-state index in [1.54, 1.807) is 0 Å². The molecule has 2 aromatic carbocycles. The van der Waals surface area contributed by atoms with Crippen LogP contribution in [0.5, 0.6) is 5.75 Å². The van der Waals surface area contributed by atoms with E-state index in [0.717, 1.165) is 24.9 Å². The molecule has 0 spiro atoms. The van der Waals surface area contributed by atoms with Crippen molar-refractivity contribution in [2.45, 2.75) is 26.2 Å². The Labute approximate surface area is 159 Å².